The van der Waals surface area contributed by atoms with Gasteiger partial charge in [0.2, 0.25) is 5.88 Å². The van der Waals surface area contributed by atoms with Crippen molar-refractivity contribution in [1.82, 2.24) is 10.3 Å². The van der Waals surface area contributed by atoms with E-state index in [1.54, 1.807) is 12.1 Å². The molecule has 2 unspecified atom stereocenters. The monoisotopic (exact) mass is 230 g/mol. The van der Waals surface area contributed by atoms with Crippen molar-refractivity contribution in [3.8, 4) is 11.6 Å². The van der Waals surface area contributed by atoms with Gasteiger partial charge in [0, 0.05) is 12.6 Å². The van der Waals surface area contributed by atoms with Gasteiger partial charge in [-0.25, -0.2) is 4.98 Å². The number of fused-ring (bicyclic) bond motifs is 1. The Morgan fingerprint density at radius 2 is 2.20 bits per heavy atom. The van der Waals surface area contributed by atoms with E-state index in [0.29, 0.717) is 0 Å². The predicted octanol–water partition coefficient (Wildman–Crippen LogP) is 1.64. The Labute approximate surface area is 95.1 Å². The lowest BCUT2D eigenvalue weighted by Gasteiger charge is -2.11. The molecule has 1 aromatic heterocycles. The Balaban J connectivity index is 0.00000112. The molecule has 0 aliphatic carbocycles. The molecule has 1 aliphatic heterocycles. The first-order valence-corrected chi connectivity index (χ1v) is 4.77. The normalized spacial score (nSPS) is 24.4. The molecule has 2 heterocycles. The van der Waals surface area contributed by atoms with Crippen LogP contribution >= 0.6 is 12.4 Å². The van der Waals surface area contributed by atoms with Crippen molar-refractivity contribution in [2.45, 2.75) is 26.0 Å². The molecule has 84 valence electrons. The molecular weight excluding hydrogens is 216 g/mol. The van der Waals surface area contributed by atoms with Crippen LogP contribution in [0.4, 0.5) is 0 Å². The van der Waals surface area contributed by atoms with Crippen LogP contribution in [0.5, 0.6) is 11.6 Å². The van der Waals surface area contributed by atoms with Gasteiger partial charge in [-0.1, -0.05) is 0 Å². The second-order valence-corrected chi connectivity index (χ2v) is 3.61. The van der Waals surface area contributed by atoms with Crippen LogP contribution < -0.4 is 10.1 Å². The number of ether oxygens (including phenoxy) is 1. The lowest BCUT2D eigenvalue weighted by atomic mass is 10.2. The molecule has 0 radical (unpaired) electrons. The summed E-state index contributed by atoms with van der Waals surface area (Å²) in [6.07, 6.45) is 0.130. The van der Waals surface area contributed by atoms with E-state index in [1.807, 2.05) is 13.8 Å². The SMILES string of the molecule is CC1CNC(C)c2nc(O)ccc2O1.Cl. The fourth-order valence-electron chi connectivity index (χ4n) is 1.56. The van der Waals surface area contributed by atoms with Gasteiger partial charge >= 0.3 is 0 Å². The highest BCUT2D eigenvalue weighted by molar-refractivity contribution is 5.85. The maximum Gasteiger partial charge on any atom is 0.211 e. The van der Waals surface area contributed by atoms with E-state index in [0.717, 1.165) is 18.0 Å². The van der Waals surface area contributed by atoms with Gasteiger partial charge in [0.25, 0.3) is 0 Å². The molecule has 4 nitrogen and oxygen atoms in total. The first-order valence-electron chi connectivity index (χ1n) is 4.77. The van der Waals surface area contributed by atoms with Crippen LogP contribution in [0, 0.1) is 0 Å². The average Bonchev–Trinajstić information content (AvgIpc) is 2.29. The van der Waals surface area contributed by atoms with Crippen molar-refractivity contribution in [3.05, 3.63) is 17.8 Å². The summed E-state index contributed by atoms with van der Waals surface area (Å²) >= 11 is 0. The van der Waals surface area contributed by atoms with Gasteiger partial charge in [0.15, 0.2) is 0 Å². The van der Waals surface area contributed by atoms with E-state index in [4.69, 9.17) is 4.74 Å². The van der Waals surface area contributed by atoms with Gasteiger partial charge in [0.1, 0.15) is 17.5 Å². The number of aromatic hydroxyl groups is 1. The third-order valence-electron chi connectivity index (χ3n) is 2.32. The van der Waals surface area contributed by atoms with Crippen LogP contribution in [0.15, 0.2) is 12.1 Å². The topological polar surface area (TPSA) is 54.4 Å². The van der Waals surface area contributed by atoms with E-state index in [-0.39, 0.29) is 30.4 Å². The molecule has 0 bridgehead atoms. The maximum atomic E-state index is 9.27. The average molecular weight is 231 g/mol. The zero-order valence-electron chi connectivity index (χ0n) is 8.73. The quantitative estimate of drug-likeness (QED) is 0.712. The van der Waals surface area contributed by atoms with E-state index < -0.39 is 0 Å². The summed E-state index contributed by atoms with van der Waals surface area (Å²) in [5, 5.41) is 12.5. The highest BCUT2D eigenvalue weighted by atomic mass is 35.5. The Bertz CT molecular complexity index is 346. The number of hydrogen-bond donors (Lipinski definition) is 2. The molecule has 0 saturated heterocycles. The number of nitrogens with one attached hydrogen (secondary N) is 1. The van der Waals surface area contributed by atoms with Gasteiger partial charge in [-0.2, -0.15) is 0 Å². The first-order chi connectivity index (χ1) is 6.66. The molecule has 0 amide bonds. The minimum absolute atomic E-state index is 0. The van der Waals surface area contributed by atoms with Gasteiger partial charge in [-0.05, 0) is 19.9 Å². The minimum atomic E-state index is 0. The second-order valence-electron chi connectivity index (χ2n) is 3.61. The molecule has 0 aromatic carbocycles. The van der Waals surface area contributed by atoms with E-state index in [9.17, 15) is 5.11 Å². The minimum Gasteiger partial charge on any atom is -0.493 e. The Morgan fingerprint density at radius 1 is 1.47 bits per heavy atom. The lowest BCUT2D eigenvalue weighted by molar-refractivity contribution is 0.225. The summed E-state index contributed by atoms with van der Waals surface area (Å²) in [6, 6.07) is 3.42. The third kappa shape index (κ3) is 2.52. The van der Waals surface area contributed by atoms with E-state index in [2.05, 4.69) is 10.3 Å². The molecule has 5 heteroatoms. The van der Waals surface area contributed by atoms with Gasteiger partial charge in [-0.15, -0.1) is 12.4 Å². The van der Waals surface area contributed by atoms with Crippen LogP contribution in [0.2, 0.25) is 0 Å². The summed E-state index contributed by atoms with van der Waals surface area (Å²) < 4.78 is 5.65. The highest BCUT2D eigenvalue weighted by Gasteiger charge is 2.20. The van der Waals surface area contributed by atoms with Crippen LogP contribution in [-0.2, 0) is 0 Å². The molecule has 2 N–H and O–H groups in total. The van der Waals surface area contributed by atoms with Gasteiger partial charge < -0.3 is 15.2 Å². The van der Waals surface area contributed by atoms with Crippen LogP contribution in [0.1, 0.15) is 25.6 Å². The second kappa shape index (κ2) is 4.68. The fourth-order valence-corrected chi connectivity index (χ4v) is 1.56. The Morgan fingerprint density at radius 3 is 2.93 bits per heavy atom. The summed E-state index contributed by atoms with van der Waals surface area (Å²) in [7, 11) is 0. The third-order valence-corrected chi connectivity index (χ3v) is 2.32. The van der Waals surface area contributed by atoms with Crippen molar-refractivity contribution >= 4 is 12.4 Å². The molecule has 2 rings (SSSR count). The largest absolute Gasteiger partial charge is 0.493 e. The summed E-state index contributed by atoms with van der Waals surface area (Å²) in [6.45, 7) is 4.80. The summed E-state index contributed by atoms with van der Waals surface area (Å²) in [5.41, 5.74) is 0.773. The van der Waals surface area contributed by atoms with Crippen LogP contribution in [-0.4, -0.2) is 22.7 Å². The van der Waals surface area contributed by atoms with Crippen LogP contribution in [0.25, 0.3) is 0 Å². The number of rotatable bonds is 0. The maximum absolute atomic E-state index is 9.27. The van der Waals surface area contributed by atoms with E-state index in [1.165, 1.54) is 0 Å². The zero-order valence-corrected chi connectivity index (χ0v) is 9.54. The van der Waals surface area contributed by atoms with Crippen molar-refractivity contribution in [2.75, 3.05) is 6.54 Å². The molecule has 0 saturated carbocycles. The Kier molecular flexibility index (Phi) is 3.77. The molecule has 0 fully saturated rings. The number of aromatic nitrogens is 1. The molecule has 1 aliphatic rings. The highest BCUT2D eigenvalue weighted by Crippen LogP contribution is 2.28. The number of nitrogens with zero attached hydrogens (tertiary/aromatic N) is 1. The molecule has 1 aromatic rings. The molecule has 15 heavy (non-hydrogen) atoms. The zero-order chi connectivity index (χ0) is 10.1. The lowest BCUT2D eigenvalue weighted by Crippen LogP contribution is -2.27. The molecular formula is C10H15ClN2O2. The van der Waals surface area contributed by atoms with Gasteiger partial charge in [0.05, 0.1) is 6.04 Å². The van der Waals surface area contributed by atoms with E-state index >= 15 is 0 Å². The smallest absolute Gasteiger partial charge is 0.211 e. The van der Waals surface area contributed by atoms with Crippen molar-refractivity contribution < 1.29 is 9.84 Å². The molecule has 0 spiro atoms. The molecule has 2 atom stereocenters. The van der Waals surface area contributed by atoms with Gasteiger partial charge in [-0.3, -0.25) is 0 Å². The standard InChI is InChI=1S/C10H14N2O2.ClH/c1-6-5-11-7(2)10-8(14-6)3-4-9(13)12-10;/h3-4,6-7,11H,5H2,1-2H3,(H,12,13);1H. The number of hydrogen-bond acceptors (Lipinski definition) is 4. The van der Waals surface area contributed by atoms with Crippen molar-refractivity contribution in [1.29, 1.82) is 0 Å². The van der Waals surface area contributed by atoms with Crippen molar-refractivity contribution in [3.63, 3.8) is 0 Å². The van der Waals surface area contributed by atoms with Crippen molar-refractivity contribution in [2.24, 2.45) is 0 Å². The van der Waals surface area contributed by atoms with Crippen LogP contribution in [0.3, 0.4) is 0 Å². The fraction of sp³-hybridized carbons (Fsp3) is 0.500. The Hall–Kier alpha value is -1.000. The number of pyridine rings is 1. The first kappa shape index (κ1) is 12.1. The summed E-state index contributed by atoms with van der Waals surface area (Å²) in [4.78, 5) is 4.06. The predicted molar refractivity (Wildman–Crippen MR) is 59.7 cm³/mol. The number of halogens is 1. The summed E-state index contributed by atoms with van der Waals surface area (Å²) in [5.74, 6) is 0.795.